The Kier molecular flexibility index (Phi) is 7.44. The van der Waals surface area contributed by atoms with E-state index in [2.05, 4.69) is 31.1 Å². The average Bonchev–Trinajstić information content (AvgIpc) is 3.34. The molecule has 5 aromatic rings. The summed E-state index contributed by atoms with van der Waals surface area (Å²) in [5.41, 5.74) is 4.45. The van der Waals surface area contributed by atoms with Gasteiger partial charge in [0.05, 0.1) is 5.69 Å². The van der Waals surface area contributed by atoms with Crippen LogP contribution in [0.5, 0.6) is 0 Å². The maximum Gasteiger partial charge on any atom is 0.290 e. The van der Waals surface area contributed by atoms with E-state index in [4.69, 9.17) is 9.90 Å². The Bertz CT molecular complexity index is 1650. The number of aromatic nitrogens is 3. The second-order valence-corrected chi connectivity index (χ2v) is 9.57. The summed E-state index contributed by atoms with van der Waals surface area (Å²) < 4.78 is 41.7. The fourth-order valence-electron chi connectivity index (χ4n) is 3.60. The maximum atomic E-state index is 14.1. The number of carbonyl (C=O) groups is 1. The van der Waals surface area contributed by atoms with Crippen molar-refractivity contribution in [1.29, 1.82) is 0 Å². The van der Waals surface area contributed by atoms with Crippen molar-refractivity contribution in [2.45, 2.75) is 11.8 Å². The molecule has 9 nitrogen and oxygen atoms in total. The van der Waals surface area contributed by atoms with Crippen LogP contribution in [0.4, 0.5) is 21.6 Å². The number of rotatable bonds is 6. The van der Waals surface area contributed by atoms with Crippen LogP contribution in [0.25, 0.3) is 22.2 Å². The largest absolute Gasteiger partial charge is 0.483 e. The molecule has 0 fully saturated rings. The van der Waals surface area contributed by atoms with Crippen LogP contribution in [-0.2, 0) is 14.8 Å². The number of aromatic amines is 1. The van der Waals surface area contributed by atoms with Gasteiger partial charge in [-0.15, -0.1) is 0 Å². The normalized spacial score (nSPS) is 10.9. The molecule has 0 radical (unpaired) electrons. The summed E-state index contributed by atoms with van der Waals surface area (Å²) in [5, 5.41) is 11.2. The SMILES string of the molecule is Cc1ccc(S(=O)(=O)Nc2ccc(Nc3cc(-c4ccc5[nH]ccc5c4)ncn3)cc2)c(F)c1.O=CO. The van der Waals surface area contributed by atoms with Crippen molar-refractivity contribution in [2.24, 2.45) is 0 Å². The van der Waals surface area contributed by atoms with Gasteiger partial charge in [0, 0.05) is 40.1 Å². The number of H-pyrrole nitrogens is 1. The minimum absolute atomic E-state index is 0.250. The van der Waals surface area contributed by atoms with Crippen molar-refractivity contribution in [2.75, 3.05) is 10.0 Å². The smallest absolute Gasteiger partial charge is 0.290 e. The van der Waals surface area contributed by atoms with Crippen LogP contribution in [-0.4, -0.2) is 34.9 Å². The molecular weight excluding hydrogens is 497 g/mol. The van der Waals surface area contributed by atoms with E-state index in [-0.39, 0.29) is 6.47 Å². The fourth-order valence-corrected chi connectivity index (χ4v) is 4.72. The standard InChI is InChI=1S/C25H20FN5O2S.CH2O2/c1-16-2-9-24(21(26)12-16)34(32,33)31-20-6-4-19(5-7-20)30-25-14-23(28-15-29-25)17-3-8-22-18(13-17)10-11-27-22;2-1-3/h2-15,27,31H,1H3,(H,28,29,30);1H,(H,2,3). The summed E-state index contributed by atoms with van der Waals surface area (Å²) in [6.07, 6.45) is 3.38. The molecule has 0 aliphatic heterocycles. The van der Waals surface area contributed by atoms with E-state index in [1.807, 2.05) is 30.5 Å². The van der Waals surface area contributed by atoms with Gasteiger partial charge in [-0.1, -0.05) is 12.1 Å². The molecule has 37 heavy (non-hydrogen) atoms. The van der Waals surface area contributed by atoms with Crippen molar-refractivity contribution in [3.05, 3.63) is 96.7 Å². The first-order valence-electron chi connectivity index (χ1n) is 10.9. The highest BCUT2D eigenvalue weighted by Crippen LogP contribution is 2.26. The van der Waals surface area contributed by atoms with Crippen LogP contribution in [0.1, 0.15) is 5.56 Å². The molecule has 11 heteroatoms. The molecule has 0 saturated heterocycles. The predicted octanol–water partition coefficient (Wildman–Crippen LogP) is 5.32. The van der Waals surface area contributed by atoms with Gasteiger partial charge in [0.25, 0.3) is 16.5 Å². The van der Waals surface area contributed by atoms with Crippen LogP contribution in [0.2, 0.25) is 0 Å². The van der Waals surface area contributed by atoms with Crippen molar-refractivity contribution in [3.63, 3.8) is 0 Å². The number of nitrogens with zero attached hydrogens (tertiary/aromatic N) is 2. The summed E-state index contributed by atoms with van der Waals surface area (Å²) in [7, 11) is -4.05. The molecule has 0 unspecified atom stereocenters. The summed E-state index contributed by atoms with van der Waals surface area (Å²) in [6.45, 7) is 1.44. The highest BCUT2D eigenvalue weighted by atomic mass is 32.2. The number of halogens is 1. The molecule has 0 atom stereocenters. The Morgan fingerprint density at radius 3 is 2.41 bits per heavy atom. The highest BCUT2D eigenvalue weighted by molar-refractivity contribution is 7.92. The van der Waals surface area contributed by atoms with Gasteiger partial charge in [-0.25, -0.2) is 22.8 Å². The molecule has 2 heterocycles. The minimum atomic E-state index is -4.05. The Labute approximate surface area is 212 Å². The Morgan fingerprint density at radius 1 is 0.946 bits per heavy atom. The van der Waals surface area contributed by atoms with Gasteiger partial charge in [-0.05, 0) is 67.1 Å². The molecule has 0 spiro atoms. The number of hydrogen-bond donors (Lipinski definition) is 4. The first-order valence-corrected chi connectivity index (χ1v) is 12.4. The molecule has 0 aliphatic rings. The van der Waals surface area contributed by atoms with Crippen molar-refractivity contribution in [3.8, 4) is 11.3 Å². The lowest BCUT2D eigenvalue weighted by Gasteiger charge is -2.11. The lowest BCUT2D eigenvalue weighted by atomic mass is 10.1. The molecule has 188 valence electrons. The van der Waals surface area contributed by atoms with Crippen molar-refractivity contribution < 1.29 is 22.7 Å². The molecule has 3 aromatic carbocycles. The molecule has 0 bridgehead atoms. The van der Waals surface area contributed by atoms with E-state index >= 15 is 0 Å². The first-order chi connectivity index (χ1) is 17.8. The van der Waals surface area contributed by atoms with Gasteiger partial charge in [-0.2, -0.15) is 0 Å². The van der Waals surface area contributed by atoms with Gasteiger partial charge >= 0.3 is 0 Å². The molecule has 5 rings (SSSR count). The van der Waals surface area contributed by atoms with Gasteiger partial charge in [0.1, 0.15) is 22.9 Å². The maximum absolute atomic E-state index is 14.1. The highest BCUT2D eigenvalue weighted by Gasteiger charge is 2.19. The monoisotopic (exact) mass is 519 g/mol. The zero-order chi connectivity index (χ0) is 26.4. The minimum Gasteiger partial charge on any atom is -0.483 e. The van der Waals surface area contributed by atoms with Gasteiger partial charge in [-0.3, -0.25) is 9.52 Å². The van der Waals surface area contributed by atoms with Gasteiger partial charge in [0.15, 0.2) is 0 Å². The number of carboxylic acid groups (broad SMARTS) is 1. The van der Waals surface area contributed by atoms with Gasteiger partial charge < -0.3 is 15.4 Å². The third-order valence-electron chi connectivity index (χ3n) is 5.30. The van der Waals surface area contributed by atoms with Crippen LogP contribution in [0.3, 0.4) is 0 Å². The van der Waals surface area contributed by atoms with E-state index in [9.17, 15) is 12.8 Å². The quantitative estimate of drug-likeness (QED) is 0.223. The zero-order valence-electron chi connectivity index (χ0n) is 19.5. The van der Waals surface area contributed by atoms with Crippen LogP contribution >= 0.6 is 0 Å². The van der Waals surface area contributed by atoms with E-state index in [0.29, 0.717) is 22.8 Å². The van der Waals surface area contributed by atoms with Crippen molar-refractivity contribution >= 4 is 44.6 Å². The predicted molar refractivity (Wildman–Crippen MR) is 140 cm³/mol. The van der Waals surface area contributed by atoms with Crippen LogP contribution in [0, 0.1) is 12.7 Å². The Hall–Kier alpha value is -4.77. The number of benzene rings is 3. The molecule has 0 amide bonds. The average molecular weight is 520 g/mol. The third kappa shape index (κ3) is 6.08. The summed E-state index contributed by atoms with van der Waals surface area (Å²) in [6, 6.07) is 20.5. The first kappa shape index (κ1) is 25.3. The van der Waals surface area contributed by atoms with E-state index < -0.39 is 20.7 Å². The number of fused-ring (bicyclic) bond motifs is 1. The molecule has 0 saturated carbocycles. The lowest BCUT2D eigenvalue weighted by Crippen LogP contribution is -2.14. The van der Waals surface area contributed by atoms with E-state index in [1.165, 1.54) is 18.5 Å². The van der Waals surface area contributed by atoms with Crippen LogP contribution in [0.15, 0.2) is 90.2 Å². The number of nitrogens with one attached hydrogen (secondary N) is 3. The third-order valence-corrected chi connectivity index (χ3v) is 6.72. The number of aryl methyl sites for hydroxylation is 1. The van der Waals surface area contributed by atoms with E-state index in [0.717, 1.165) is 22.2 Å². The molecule has 0 aliphatic carbocycles. The number of hydrogen-bond acceptors (Lipinski definition) is 6. The lowest BCUT2D eigenvalue weighted by molar-refractivity contribution is -0.122. The van der Waals surface area contributed by atoms with E-state index in [1.54, 1.807) is 37.3 Å². The molecular formula is C26H22FN5O4S. The molecule has 2 aromatic heterocycles. The Balaban J connectivity index is 0.00000102. The Morgan fingerprint density at radius 2 is 1.68 bits per heavy atom. The van der Waals surface area contributed by atoms with Crippen molar-refractivity contribution in [1.82, 2.24) is 15.0 Å². The second-order valence-electron chi connectivity index (χ2n) is 7.92. The van der Waals surface area contributed by atoms with Crippen LogP contribution < -0.4 is 10.0 Å². The fraction of sp³-hybridized carbons (Fsp3) is 0.0385. The molecule has 4 N–H and O–H groups in total. The topological polar surface area (TPSA) is 137 Å². The number of sulfonamides is 1. The summed E-state index contributed by atoms with van der Waals surface area (Å²) >= 11 is 0. The summed E-state index contributed by atoms with van der Waals surface area (Å²) in [4.78, 5) is 19.8. The zero-order valence-corrected chi connectivity index (χ0v) is 20.3. The van der Waals surface area contributed by atoms with Gasteiger partial charge in [0.2, 0.25) is 0 Å². The summed E-state index contributed by atoms with van der Waals surface area (Å²) in [5.74, 6) is -0.199. The number of anilines is 3. The second kappa shape index (κ2) is 10.9.